The van der Waals surface area contributed by atoms with Crippen LogP contribution in [0.15, 0.2) is 53.0 Å². The molecule has 1 N–H and O–H groups in total. The molecule has 2 aromatic carbocycles. The maximum absolute atomic E-state index is 5.73. The van der Waals surface area contributed by atoms with Gasteiger partial charge in [0.05, 0.1) is 6.61 Å². The van der Waals surface area contributed by atoms with E-state index < -0.39 is 0 Å². The summed E-state index contributed by atoms with van der Waals surface area (Å²) < 4.78 is 6.88. The number of likely N-dealkylation sites (N-methyl/N-ethyl adjacent to an activating group) is 1. The average molecular weight is 348 g/mol. The summed E-state index contributed by atoms with van der Waals surface area (Å²) in [5.74, 6) is 0.946. The third-order valence-electron chi connectivity index (χ3n) is 3.46. The van der Waals surface area contributed by atoms with E-state index in [1.54, 1.807) is 0 Å². The smallest absolute Gasteiger partial charge is 0.119 e. The molecule has 0 heterocycles. The Morgan fingerprint density at radius 3 is 2.67 bits per heavy atom. The van der Waals surface area contributed by atoms with Gasteiger partial charge in [-0.3, -0.25) is 0 Å². The molecule has 0 aliphatic heterocycles. The van der Waals surface area contributed by atoms with Gasteiger partial charge in [-0.05, 0) is 49.2 Å². The second-order valence-corrected chi connectivity index (χ2v) is 5.91. The van der Waals surface area contributed by atoms with E-state index in [2.05, 4.69) is 64.6 Å². The molecule has 112 valence electrons. The molecule has 0 spiro atoms. The Bertz CT molecular complexity index is 571. The minimum absolute atomic E-state index is 0.272. The topological polar surface area (TPSA) is 21.3 Å². The number of benzene rings is 2. The van der Waals surface area contributed by atoms with Crippen molar-refractivity contribution >= 4 is 15.9 Å². The van der Waals surface area contributed by atoms with Crippen molar-refractivity contribution in [3.63, 3.8) is 0 Å². The van der Waals surface area contributed by atoms with Gasteiger partial charge in [-0.15, -0.1) is 0 Å². The van der Waals surface area contributed by atoms with Gasteiger partial charge in [0.1, 0.15) is 5.75 Å². The van der Waals surface area contributed by atoms with Crippen LogP contribution in [-0.2, 0) is 6.42 Å². The Morgan fingerprint density at radius 1 is 1.14 bits per heavy atom. The fraction of sp³-hybridized carbons (Fsp3) is 0.333. The van der Waals surface area contributed by atoms with Gasteiger partial charge in [-0.2, -0.15) is 0 Å². The first-order valence-electron chi connectivity index (χ1n) is 7.38. The molecule has 3 heteroatoms. The molecule has 2 rings (SSSR count). The van der Waals surface area contributed by atoms with Crippen LogP contribution in [0.3, 0.4) is 0 Å². The van der Waals surface area contributed by atoms with Gasteiger partial charge in [0.25, 0.3) is 0 Å². The van der Waals surface area contributed by atoms with Crippen molar-refractivity contribution in [2.75, 3.05) is 13.7 Å². The quantitative estimate of drug-likeness (QED) is 0.780. The van der Waals surface area contributed by atoms with Gasteiger partial charge in [0.15, 0.2) is 0 Å². The number of hydrogen-bond donors (Lipinski definition) is 1. The maximum atomic E-state index is 5.73. The minimum atomic E-state index is 0.272. The molecule has 0 aromatic heterocycles. The van der Waals surface area contributed by atoms with Crippen LogP contribution in [-0.4, -0.2) is 13.7 Å². The molecule has 0 amide bonds. The molecule has 0 aliphatic carbocycles. The predicted molar refractivity (Wildman–Crippen MR) is 91.9 cm³/mol. The van der Waals surface area contributed by atoms with Crippen LogP contribution in [0.1, 0.15) is 30.5 Å². The van der Waals surface area contributed by atoms with Crippen LogP contribution >= 0.6 is 15.9 Å². The van der Waals surface area contributed by atoms with Gasteiger partial charge >= 0.3 is 0 Å². The van der Waals surface area contributed by atoms with Crippen molar-refractivity contribution < 1.29 is 4.74 Å². The normalized spacial score (nSPS) is 12.1. The number of nitrogens with one attached hydrogen (secondary N) is 1. The second-order valence-electron chi connectivity index (χ2n) is 5.06. The monoisotopic (exact) mass is 347 g/mol. The Balaban J connectivity index is 2.15. The number of ether oxygens (including phenoxy) is 1. The van der Waals surface area contributed by atoms with Crippen LogP contribution in [0.25, 0.3) is 0 Å². The Hall–Kier alpha value is -1.32. The van der Waals surface area contributed by atoms with E-state index in [9.17, 15) is 0 Å². The van der Waals surface area contributed by atoms with Crippen LogP contribution in [0.4, 0.5) is 0 Å². The first-order valence-corrected chi connectivity index (χ1v) is 8.17. The largest absolute Gasteiger partial charge is 0.494 e. The van der Waals surface area contributed by atoms with Gasteiger partial charge in [-0.1, -0.05) is 53.2 Å². The predicted octanol–water partition coefficient (Wildman–Crippen LogP) is 4.74. The van der Waals surface area contributed by atoms with Gasteiger partial charge < -0.3 is 10.1 Å². The van der Waals surface area contributed by atoms with Crippen LogP contribution in [0, 0.1) is 0 Å². The lowest BCUT2D eigenvalue weighted by molar-refractivity contribution is 0.317. The average Bonchev–Trinajstić information content (AvgIpc) is 2.52. The lowest BCUT2D eigenvalue weighted by atomic mass is 9.99. The van der Waals surface area contributed by atoms with E-state index in [0.29, 0.717) is 0 Å². The molecule has 0 radical (unpaired) electrons. The Morgan fingerprint density at radius 2 is 1.95 bits per heavy atom. The lowest BCUT2D eigenvalue weighted by Crippen LogP contribution is -2.19. The molecule has 1 unspecified atom stereocenters. The summed E-state index contributed by atoms with van der Waals surface area (Å²) >= 11 is 3.62. The van der Waals surface area contributed by atoms with E-state index in [-0.39, 0.29) is 6.04 Å². The molecule has 2 aromatic rings. The van der Waals surface area contributed by atoms with E-state index >= 15 is 0 Å². The zero-order valence-electron chi connectivity index (χ0n) is 12.6. The fourth-order valence-electron chi connectivity index (χ4n) is 2.31. The molecular formula is C18H22BrNO. The first kappa shape index (κ1) is 16.1. The lowest BCUT2D eigenvalue weighted by Gasteiger charge is -2.18. The van der Waals surface area contributed by atoms with Crippen molar-refractivity contribution in [2.45, 2.75) is 25.8 Å². The van der Waals surface area contributed by atoms with Crippen molar-refractivity contribution in [1.29, 1.82) is 0 Å². The molecule has 2 nitrogen and oxygen atoms in total. The van der Waals surface area contributed by atoms with Gasteiger partial charge in [0.2, 0.25) is 0 Å². The number of rotatable bonds is 7. The highest BCUT2D eigenvalue weighted by molar-refractivity contribution is 9.10. The highest BCUT2D eigenvalue weighted by Gasteiger charge is 2.12. The standard InChI is InChI=1S/C18H22BrNO/c1-3-11-21-16-9-6-8-15(12-16)18(20-2)13-14-7-4-5-10-17(14)19/h4-10,12,18,20H,3,11,13H2,1-2H3. The van der Waals surface area contributed by atoms with E-state index in [1.807, 2.05) is 19.2 Å². The van der Waals surface area contributed by atoms with E-state index in [0.717, 1.165) is 29.7 Å². The van der Waals surface area contributed by atoms with Crippen molar-refractivity contribution in [1.82, 2.24) is 5.32 Å². The summed E-state index contributed by atoms with van der Waals surface area (Å²) in [5.41, 5.74) is 2.55. The SMILES string of the molecule is CCCOc1cccc(C(Cc2ccccc2Br)NC)c1. The molecule has 0 saturated carbocycles. The van der Waals surface area contributed by atoms with Crippen molar-refractivity contribution in [3.05, 3.63) is 64.1 Å². The third kappa shape index (κ3) is 4.58. The first-order chi connectivity index (χ1) is 10.2. The van der Waals surface area contributed by atoms with E-state index in [1.165, 1.54) is 11.1 Å². The minimum Gasteiger partial charge on any atom is -0.494 e. The molecule has 21 heavy (non-hydrogen) atoms. The summed E-state index contributed by atoms with van der Waals surface area (Å²) in [6, 6.07) is 17.0. The molecule has 0 saturated heterocycles. The van der Waals surface area contributed by atoms with E-state index in [4.69, 9.17) is 4.74 Å². The molecule has 0 aliphatic rings. The summed E-state index contributed by atoms with van der Waals surface area (Å²) in [6.07, 6.45) is 1.96. The highest BCUT2D eigenvalue weighted by atomic mass is 79.9. The summed E-state index contributed by atoms with van der Waals surface area (Å²) in [5, 5.41) is 3.40. The molecule has 0 bridgehead atoms. The third-order valence-corrected chi connectivity index (χ3v) is 4.24. The highest BCUT2D eigenvalue weighted by Crippen LogP contribution is 2.25. The molecule has 1 atom stereocenters. The zero-order chi connectivity index (χ0) is 15.1. The zero-order valence-corrected chi connectivity index (χ0v) is 14.2. The van der Waals surface area contributed by atoms with Gasteiger partial charge in [0, 0.05) is 10.5 Å². The summed E-state index contributed by atoms with van der Waals surface area (Å²) in [7, 11) is 2.00. The van der Waals surface area contributed by atoms with Crippen molar-refractivity contribution in [3.8, 4) is 5.75 Å². The van der Waals surface area contributed by atoms with Crippen LogP contribution < -0.4 is 10.1 Å². The maximum Gasteiger partial charge on any atom is 0.119 e. The van der Waals surface area contributed by atoms with Crippen molar-refractivity contribution in [2.24, 2.45) is 0 Å². The van der Waals surface area contributed by atoms with Gasteiger partial charge in [-0.25, -0.2) is 0 Å². The Labute approximate surface area is 135 Å². The fourth-order valence-corrected chi connectivity index (χ4v) is 2.76. The van der Waals surface area contributed by atoms with Crippen LogP contribution in [0.5, 0.6) is 5.75 Å². The Kier molecular flexibility index (Phi) is 6.27. The molecular weight excluding hydrogens is 326 g/mol. The summed E-state index contributed by atoms with van der Waals surface area (Å²) in [4.78, 5) is 0. The molecule has 0 fully saturated rings. The number of hydrogen-bond acceptors (Lipinski definition) is 2. The van der Waals surface area contributed by atoms with Crippen LogP contribution in [0.2, 0.25) is 0 Å². The number of halogens is 1. The second kappa shape index (κ2) is 8.20. The summed E-state index contributed by atoms with van der Waals surface area (Å²) in [6.45, 7) is 2.88.